The number of hydrogen-bond donors (Lipinski definition) is 1. The van der Waals surface area contributed by atoms with E-state index in [1.807, 2.05) is 0 Å². The molecule has 1 fully saturated rings. The maximum Gasteiger partial charge on any atom is 0.0559 e. The Morgan fingerprint density at radius 3 is 2.67 bits per heavy atom. The molecule has 3 rings (SSSR count). The molecule has 0 unspecified atom stereocenters. The number of rotatable bonds is 0. The maximum absolute atomic E-state index is 3.73. The van der Waals surface area contributed by atoms with Crippen LogP contribution in [0.15, 0.2) is 30.3 Å². The van der Waals surface area contributed by atoms with Crippen molar-refractivity contribution in [2.75, 3.05) is 5.32 Å². The van der Waals surface area contributed by atoms with E-state index in [0.29, 0.717) is 0 Å². The van der Waals surface area contributed by atoms with Gasteiger partial charge in [0.1, 0.15) is 0 Å². The van der Waals surface area contributed by atoms with Crippen molar-refractivity contribution in [3.63, 3.8) is 0 Å². The Balaban J connectivity index is 1.94. The van der Waals surface area contributed by atoms with Gasteiger partial charge in [0, 0.05) is 5.69 Å². The molecule has 1 aromatic carbocycles. The summed E-state index contributed by atoms with van der Waals surface area (Å²) in [7, 11) is 0. The zero-order valence-corrected chi connectivity index (χ0v) is 9.00. The fourth-order valence-corrected chi connectivity index (χ4v) is 2.79. The van der Waals surface area contributed by atoms with Crippen molar-refractivity contribution in [1.29, 1.82) is 0 Å². The fraction of sp³-hybridized carbons (Fsp3) is 0.429. The maximum atomic E-state index is 3.73. The Hall–Kier alpha value is -1.24. The predicted octanol–water partition coefficient (Wildman–Crippen LogP) is 3.83. The van der Waals surface area contributed by atoms with Crippen LogP contribution in [0, 0.1) is 0 Å². The molecule has 1 saturated carbocycles. The zero-order chi connectivity index (χ0) is 10.1. The first-order valence-electron chi connectivity index (χ1n) is 5.95. The monoisotopic (exact) mass is 199 g/mol. The van der Waals surface area contributed by atoms with Crippen LogP contribution in [0.25, 0.3) is 6.08 Å². The van der Waals surface area contributed by atoms with Crippen molar-refractivity contribution in [2.24, 2.45) is 0 Å². The molecule has 78 valence electrons. The molecule has 0 radical (unpaired) electrons. The minimum absolute atomic E-state index is 0.270. The van der Waals surface area contributed by atoms with E-state index in [9.17, 15) is 0 Å². The van der Waals surface area contributed by atoms with E-state index in [-0.39, 0.29) is 5.54 Å². The molecule has 2 aliphatic rings. The van der Waals surface area contributed by atoms with E-state index >= 15 is 0 Å². The lowest BCUT2D eigenvalue weighted by molar-refractivity contribution is 0.384. The molecule has 1 N–H and O–H groups in total. The molecule has 1 heterocycles. The molecule has 0 saturated heterocycles. The van der Waals surface area contributed by atoms with Crippen LogP contribution >= 0.6 is 0 Å². The molecule has 15 heavy (non-hydrogen) atoms. The Morgan fingerprint density at radius 1 is 1.00 bits per heavy atom. The van der Waals surface area contributed by atoms with Gasteiger partial charge in [-0.3, -0.25) is 0 Å². The number of fused-ring (bicyclic) bond motifs is 1. The highest BCUT2D eigenvalue weighted by Crippen LogP contribution is 2.37. The van der Waals surface area contributed by atoms with Crippen LogP contribution in [0.3, 0.4) is 0 Å². The largest absolute Gasteiger partial charge is 0.376 e. The van der Waals surface area contributed by atoms with Gasteiger partial charge >= 0.3 is 0 Å². The Labute approximate surface area is 91.2 Å². The summed E-state index contributed by atoms with van der Waals surface area (Å²) < 4.78 is 0. The lowest BCUT2D eigenvalue weighted by Gasteiger charge is -2.39. The van der Waals surface area contributed by atoms with Gasteiger partial charge in [-0.1, -0.05) is 49.6 Å². The van der Waals surface area contributed by atoms with Gasteiger partial charge in [-0.2, -0.15) is 0 Å². The average molecular weight is 199 g/mol. The van der Waals surface area contributed by atoms with Gasteiger partial charge in [0.25, 0.3) is 0 Å². The lowest BCUT2D eigenvalue weighted by atomic mass is 9.79. The Kier molecular flexibility index (Phi) is 2.05. The van der Waals surface area contributed by atoms with E-state index in [4.69, 9.17) is 0 Å². The molecule has 1 nitrogen and oxygen atoms in total. The normalized spacial score (nSPS) is 22.1. The second-order valence-electron chi connectivity index (χ2n) is 4.76. The number of nitrogens with one attached hydrogen (secondary N) is 1. The fourth-order valence-electron chi connectivity index (χ4n) is 2.79. The third-order valence-corrected chi connectivity index (χ3v) is 3.67. The molecular formula is C14H17N. The van der Waals surface area contributed by atoms with Crippen molar-refractivity contribution in [3.05, 3.63) is 35.9 Å². The lowest BCUT2D eigenvalue weighted by Crippen LogP contribution is -2.39. The topological polar surface area (TPSA) is 12.0 Å². The van der Waals surface area contributed by atoms with Crippen LogP contribution in [-0.2, 0) is 0 Å². The van der Waals surface area contributed by atoms with E-state index < -0.39 is 0 Å². The second-order valence-corrected chi connectivity index (χ2v) is 4.76. The average Bonchev–Trinajstić information content (AvgIpc) is 2.30. The summed E-state index contributed by atoms with van der Waals surface area (Å²) >= 11 is 0. The highest BCUT2D eigenvalue weighted by molar-refractivity contribution is 5.72. The molecule has 1 heteroatoms. The van der Waals surface area contributed by atoms with Gasteiger partial charge in [0.15, 0.2) is 0 Å². The highest BCUT2D eigenvalue weighted by atomic mass is 15.0. The first-order valence-corrected chi connectivity index (χ1v) is 5.95. The van der Waals surface area contributed by atoms with Gasteiger partial charge in [0.05, 0.1) is 5.54 Å². The van der Waals surface area contributed by atoms with Crippen LogP contribution < -0.4 is 5.32 Å². The molecule has 1 aromatic rings. The smallest absolute Gasteiger partial charge is 0.0559 e. The number of para-hydroxylation sites is 1. The molecule has 0 aromatic heterocycles. The number of benzene rings is 1. The summed E-state index contributed by atoms with van der Waals surface area (Å²) in [6, 6.07) is 8.58. The van der Waals surface area contributed by atoms with Gasteiger partial charge in [-0.25, -0.2) is 0 Å². The SMILES string of the molecule is C1=CC2(CCCCC2)Nc2ccccc21. The van der Waals surface area contributed by atoms with Gasteiger partial charge in [0.2, 0.25) is 0 Å². The third kappa shape index (κ3) is 1.56. The zero-order valence-electron chi connectivity index (χ0n) is 9.00. The van der Waals surface area contributed by atoms with Crippen molar-refractivity contribution >= 4 is 11.8 Å². The first kappa shape index (κ1) is 9.02. The summed E-state index contributed by atoms with van der Waals surface area (Å²) in [4.78, 5) is 0. The molecule has 0 atom stereocenters. The molecule has 0 amide bonds. The van der Waals surface area contributed by atoms with Gasteiger partial charge in [-0.05, 0) is 24.5 Å². The highest BCUT2D eigenvalue weighted by Gasteiger charge is 2.31. The summed E-state index contributed by atoms with van der Waals surface area (Å²) in [5, 5.41) is 3.73. The van der Waals surface area contributed by atoms with Crippen molar-refractivity contribution in [1.82, 2.24) is 0 Å². The Bertz CT molecular complexity index is 386. The van der Waals surface area contributed by atoms with Crippen LogP contribution in [-0.4, -0.2) is 5.54 Å². The summed E-state index contributed by atoms with van der Waals surface area (Å²) in [6.07, 6.45) is 11.4. The van der Waals surface area contributed by atoms with Gasteiger partial charge in [-0.15, -0.1) is 0 Å². The summed E-state index contributed by atoms with van der Waals surface area (Å²) in [6.45, 7) is 0. The quantitative estimate of drug-likeness (QED) is 0.669. The molecule has 1 spiro atoms. The summed E-state index contributed by atoms with van der Waals surface area (Å²) in [5.74, 6) is 0. The number of hydrogen-bond acceptors (Lipinski definition) is 1. The predicted molar refractivity (Wildman–Crippen MR) is 64.9 cm³/mol. The number of anilines is 1. The molecule has 0 bridgehead atoms. The van der Waals surface area contributed by atoms with E-state index in [0.717, 1.165) is 0 Å². The third-order valence-electron chi connectivity index (χ3n) is 3.67. The van der Waals surface area contributed by atoms with E-state index in [2.05, 4.69) is 41.7 Å². The van der Waals surface area contributed by atoms with Gasteiger partial charge < -0.3 is 5.32 Å². The van der Waals surface area contributed by atoms with Crippen LogP contribution in [0.2, 0.25) is 0 Å². The van der Waals surface area contributed by atoms with E-state index in [1.54, 1.807) is 0 Å². The molecule has 1 aliphatic heterocycles. The standard InChI is InChI=1S/C14H17N/c1-4-9-14(10-5-1)11-8-12-6-2-3-7-13(12)15-14/h2-3,6-8,11,15H,1,4-5,9-10H2. The Morgan fingerprint density at radius 2 is 1.80 bits per heavy atom. The second kappa shape index (κ2) is 3.41. The van der Waals surface area contributed by atoms with E-state index in [1.165, 1.54) is 43.4 Å². The summed E-state index contributed by atoms with van der Waals surface area (Å²) in [5.41, 5.74) is 2.91. The molecule has 1 aliphatic carbocycles. The van der Waals surface area contributed by atoms with Crippen LogP contribution in [0.5, 0.6) is 0 Å². The molecular weight excluding hydrogens is 182 g/mol. The minimum atomic E-state index is 0.270. The van der Waals surface area contributed by atoms with Crippen molar-refractivity contribution in [2.45, 2.75) is 37.6 Å². The minimum Gasteiger partial charge on any atom is -0.376 e. The van der Waals surface area contributed by atoms with Crippen LogP contribution in [0.4, 0.5) is 5.69 Å². The van der Waals surface area contributed by atoms with Crippen molar-refractivity contribution < 1.29 is 0 Å². The van der Waals surface area contributed by atoms with Crippen molar-refractivity contribution in [3.8, 4) is 0 Å². The first-order chi connectivity index (χ1) is 7.38. The van der Waals surface area contributed by atoms with Crippen LogP contribution in [0.1, 0.15) is 37.7 Å².